The van der Waals surface area contributed by atoms with Gasteiger partial charge in [0.2, 0.25) is 0 Å². The van der Waals surface area contributed by atoms with E-state index in [1.807, 2.05) is 0 Å². The summed E-state index contributed by atoms with van der Waals surface area (Å²) in [6, 6.07) is 1.31. The molecule has 1 saturated carbocycles. The first-order valence-electron chi connectivity index (χ1n) is 5.51. The number of carboxylic acids is 1. The molecular formula is C10H11BrClNO4S2. The van der Waals surface area contributed by atoms with Gasteiger partial charge in [0.25, 0.3) is 10.0 Å². The van der Waals surface area contributed by atoms with Gasteiger partial charge in [-0.15, -0.1) is 11.3 Å². The van der Waals surface area contributed by atoms with Gasteiger partial charge in [0, 0.05) is 12.6 Å². The normalized spacial score (nSPS) is 15.9. The highest BCUT2D eigenvalue weighted by atomic mass is 79.9. The highest BCUT2D eigenvalue weighted by molar-refractivity contribution is 9.11. The lowest BCUT2D eigenvalue weighted by atomic mass is 10.4. The van der Waals surface area contributed by atoms with E-state index in [0.29, 0.717) is 8.81 Å². The molecule has 1 aliphatic rings. The van der Waals surface area contributed by atoms with Gasteiger partial charge in [0.05, 0.1) is 15.2 Å². The van der Waals surface area contributed by atoms with E-state index in [-0.39, 0.29) is 23.2 Å². The molecule has 0 amide bonds. The number of carbonyl (C=O) groups is 1. The van der Waals surface area contributed by atoms with Gasteiger partial charge < -0.3 is 5.11 Å². The van der Waals surface area contributed by atoms with Crippen molar-refractivity contribution in [2.45, 2.75) is 29.5 Å². The predicted molar refractivity (Wildman–Crippen MR) is 76.2 cm³/mol. The Morgan fingerprint density at radius 3 is 2.63 bits per heavy atom. The first kappa shape index (κ1) is 15.2. The second-order valence-corrected chi connectivity index (χ2v) is 9.07. The largest absolute Gasteiger partial charge is 0.481 e. The van der Waals surface area contributed by atoms with Crippen LogP contribution in [-0.2, 0) is 14.8 Å². The number of thiophene rings is 1. The molecule has 0 saturated heterocycles. The first-order valence-corrected chi connectivity index (χ1v) is 8.93. The van der Waals surface area contributed by atoms with E-state index in [9.17, 15) is 13.2 Å². The van der Waals surface area contributed by atoms with Gasteiger partial charge in [-0.25, -0.2) is 8.42 Å². The summed E-state index contributed by atoms with van der Waals surface area (Å²) < 4.78 is 26.9. The summed E-state index contributed by atoms with van der Waals surface area (Å²) in [5.41, 5.74) is 0. The lowest BCUT2D eigenvalue weighted by molar-refractivity contribution is -0.137. The van der Waals surface area contributed by atoms with E-state index in [4.69, 9.17) is 16.7 Å². The zero-order chi connectivity index (χ0) is 14.2. The molecule has 0 radical (unpaired) electrons. The monoisotopic (exact) mass is 387 g/mol. The number of halogens is 2. The van der Waals surface area contributed by atoms with Crippen LogP contribution in [0.15, 0.2) is 14.1 Å². The van der Waals surface area contributed by atoms with Crippen LogP contribution in [0.4, 0.5) is 0 Å². The van der Waals surface area contributed by atoms with Crippen LogP contribution in [0.1, 0.15) is 19.3 Å². The Hall–Kier alpha value is -0.150. The molecule has 1 aromatic heterocycles. The second kappa shape index (κ2) is 5.69. The van der Waals surface area contributed by atoms with Crippen molar-refractivity contribution in [3.05, 3.63) is 14.9 Å². The van der Waals surface area contributed by atoms with E-state index in [0.717, 1.165) is 24.2 Å². The minimum absolute atomic E-state index is 0.00449. The molecule has 0 spiro atoms. The molecule has 0 bridgehead atoms. The molecule has 5 nitrogen and oxygen atoms in total. The summed E-state index contributed by atoms with van der Waals surface area (Å²) in [6.45, 7) is -0.00449. The average Bonchev–Trinajstić information content (AvgIpc) is 3.06. The number of nitrogens with zero attached hydrogens (tertiary/aromatic N) is 1. The summed E-state index contributed by atoms with van der Waals surface area (Å²) in [7, 11) is -3.66. The van der Waals surface area contributed by atoms with Crippen LogP contribution in [0.2, 0.25) is 5.02 Å². The van der Waals surface area contributed by atoms with E-state index in [1.165, 1.54) is 10.4 Å². The molecule has 0 atom stereocenters. The molecule has 19 heavy (non-hydrogen) atoms. The fraction of sp³-hybridized carbons (Fsp3) is 0.500. The van der Waals surface area contributed by atoms with Crippen molar-refractivity contribution in [2.75, 3.05) is 6.54 Å². The summed E-state index contributed by atoms with van der Waals surface area (Å²) in [4.78, 5) is 10.6. The number of hydrogen-bond donors (Lipinski definition) is 1. The maximum absolute atomic E-state index is 12.5. The van der Waals surface area contributed by atoms with E-state index in [2.05, 4.69) is 15.9 Å². The molecule has 0 aliphatic heterocycles. The van der Waals surface area contributed by atoms with Crippen LogP contribution in [-0.4, -0.2) is 36.4 Å². The van der Waals surface area contributed by atoms with E-state index < -0.39 is 16.0 Å². The predicted octanol–water partition coefficient (Wildman–Crippen LogP) is 2.79. The fourth-order valence-corrected chi connectivity index (χ4v) is 5.85. The Balaban J connectivity index is 2.26. The molecule has 1 N–H and O–H groups in total. The number of sulfonamides is 1. The minimum atomic E-state index is -3.66. The Kier molecular flexibility index (Phi) is 4.56. The smallest absolute Gasteiger partial charge is 0.304 e. The molecule has 9 heteroatoms. The Bertz CT molecular complexity index is 577. The lowest BCUT2D eigenvalue weighted by Crippen LogP contribution is -2.34. The Labute approximate surface area is 128 Å². The zero-order valence-electron chi connectivity index (χ0n) is 9.67. The van der Waals surface area contributed by atoms with Crippen molar-refractivity contribution in [1.29, 1.82) is 0 Å². The summed E-state index contributed by atoms with van der Waals surface area (Å²) in [5.74, 6) is -1.01. The van der Waals surface area contributed by atoms with Crippen LogP contribution in [0.5, 0.6) is 0 Å². The third-order valence-electron chi connectivity index (χ3n) is 2.69. The van der Waals surface area contributed by atoms with Crippen molar-refractivity contribution in [2.24, 2.45) is 0 Å². The Morgan fingerprint density at radius 1 is 1.58 bits per heavy atom. The van der Waals surface area contributed by atoms with Crippen LogP contribution in [0, 0.1) is 0 Å². The molecule has 0 unspecified atom stereocenters. The quantitative estimate of drug-likeness (QED) is 0.813. The number of hydrogen-bond acceptors (Lipinski definition) is 4. The SMILES string of the molecule is O=C(O)CCN(C1CC1)S(=O)(=O)c1cc(Cl)c(Br)s1. The topological polar surface area (TPSA) is 74.7 Å². The summed E-state index contributed by atoms with van der Waals surface area (Å²) in [6.07, 6.45) is 1.36. The molecule has 106 valence electrons. The van der Waals surface area contributed by atoms with E-state index in [1.54, 1.807) is 0 Å². The van der Waals surface area contributed by atoms with E-state index >= 15 is 0 Å². The first-order chi connectivity index (χ1) is 8.82. The third-order valence-corrected chi connectivity index (χ3v) is 7.56. The molecule has 2 rings (SSSR count). The van der Waals surface area contributed by atoms with Crippen LogP contribution in [0.3, 0.4) is 0 Å². The maximum Gasteiger partial charge on any atom is 0.304 e. The molecule has 1 fully saturated rings. The second-order valence-electron chi connectivity index (χ2n) is 4.18. The number of aliphatic carboxylic acids is 1. The average molecular weight is 389 g/mol. The summed E-state index contributed by atoms with van der Waals surface area (Å²) >= 11 is 10.1. The molecule has 1 heterocycles. The van der Waals surface area contributed by atoms with Gasteiger partial charge in [-0.1, -0.05) is 11.6 Å². The fourth-order valence-electron chi connectivity index (χ4n) is 1.64. The van der Waals surface area contributed by atoms with Crippen LogP contribution in [0.25, 0.3) is 0 Å². The van der Waals surface area contributed by atoms with Gasteiger partial charge >= 0.3 is 5.97 Å². The van der Waals surface area contributed by atoms with Gasteiger partial charge in [-0.2, -0.15) is 4.31 Å². The van der Waals surface area contributed by atoms with Crippen molar-refractivity contribution in [3.63, 3.8) is 0 Å². The van der Waals surface area contributed by atoms with Crippen molar-refractivity contribution < 1.29 is 18.3 Å². The molecular weight excluding hydrogens is 378 g/mol. The number of carboxylic acid groups (broad SMARTS) is 1. The van der Waals surface area contributed by atoms with Gasteiger partial charge in [0.1, 0.15) is 4.21 Å². The van der Waals surface area contributed by atoms with Crippen LogP contribution < -0.4 is 0 Å². The molecule has 1 aliphatic carbocycles. The van der Waals surface area contributed by atoms with Crippen LogP contribution >= 0.6 is 38.9 Å². The lowest BCUT2D eigenvalue weighted by Gasteiger charge is -2.19. The van der Waals surface area contributed by atoms with Crippen molar-refractivity contribution >= 4 is 54.9 Å². The van der Waals surface area contributed by atoms with Gasteiger partial charge in [0.15, 0.2) is 0 Å². The van der Waals surface area contributed by atoms with Gasteiger partial charge in [-0.05, 0) is 34.8 Å². The van der Waals surface area contributed by atoms with Crippen molar-refractivity contribution in [1.82, 2.24) is 4.31 Å². The standard InChI is InChI=1S/C10H11BrClNO4S2/c11-10-7(12)5-9(18-10)19(16,17)13(6-1-2-6)4-3-8(14)15/h5-6H,1-4H2,(H,14,15). The molecule has 0 aromatic carbocycles. The summed E-state index contributed by atoms with van der Waals surface area (Å²) in [5, 5.41) is 9.05. The maximum atomic E-state index is 12.5. The molecule has 1 aromatic rings. The van der Waals surface area contributed by atoms with Crippen molar-refractivity contribution in [3.8, 4) is 0 Å². The zero-order valence-corrected chi connectivity index (χ0v) is 13.6. The Morgan fingerprint density at radius 2 is 2.21 bits per heavy atom. The minimum Gasteiger partial charge on any atom is -0.481 e. The third kappa shape index (κ3) is 3.49. The number of rotatable bonds is 6. The van der Waals surface area contributed by atoms with Gasteiger partial charge in [-0.3, -0.25) is 4.79 Å². The highest BCUT2D eigenvalue weighted by Crippen LogP contribution is 2.39. The highest BCUT2D eigenvalue weighted by Gasteiger charge is 2.39.